The van der Waals surface area contributed by atoms with Crippen molar-refractivity contribution >= 4 is 16.9 Å². The van der Waals surface area contributed by atoms with Gasteiger partial charge < -0.3 is 5.73 Å². The molecule has 0 radical (unpaired) electrons. The van der Waals surface area contributed by atoms with Gasteiger partial charge in [-0.25, -0.2) is 4.98 Å². The summed E-state index contributed by atoms with van der Waals surface area (Å²) < 4.78 is 0. The van der Waals surface area contributed by atoms with Crippen LogP contribution in [0, 0.1) is 0 Å². The maximum absolute atomic E-state index is 5.92. The van der Waals surface area contributed by atoms with Crippen LogP contribution in [-0.2, 0) is 0 Å². The maximum Gasteiger partial charge on any atom is 0.157 e. The molecule has 3 N–H and O–H groups in total. The molecule has 0 saturated heterocycles. The molecule has 0 spiro atoms. The van der Waals surface area contributed by atoms with E-state index in [9.17, 15) is 0 Å². The number of pyridine rings is 1. The van der Waals surface area contributed by atoms with Crippen LogP contribution in [0.1, 0.15) is 0 Å². The molecule has 0 unspecified atom stereocenters. The number of aromatic amines is 1. The van der Waals surface area contributed by atoms with Crippen molar-refractivity contribution in [2.24, 2.45) is 0 Å². The van der Waals surface area contributed by atoms with E-state index in [0.717, 1.165) is 22.2 Å². The fourth-order valence-corrected chi connectivity index (χ4v) is 1.74. The Kier molecular flexibility index (Phi) is 1.86. The fourth-order valence-electron chi connectivity index (χ4n) is 1.74. The van der Waals surface area contributed by atoms with E-state index in [0.29, 0.717) is 5.82 Å². The van der Waals surface area contributed by atoms with Crippen LogP contribution in [0.2, 0.25) is 0 Å². The number of aromatic nitrogens is 3. The van der Waals surface area contributed by atoms with Crippen LogP contribution < -0.4 is 5.73 Å². The molecule has 0 amide bonds. The molecule has 0 bridgehead atoms. The number of nitrogen functional groups attached to an aromatic ring is 1. The van der Waals surface area contributed by atoms with Crippen molar-refractivity contribution in [1.82, 2.24) is 15.2 Å². The predicted octanol–water partition coefficient (Wildman–Crippen LogP) is 2.21. The van der Waals surface area contributed by atoms with Crippen LogP contribution in [0.25, 0.3) is 22.2 Å². The number of nitrogens with two attached hydrogens (primary N) is 1. The SMILES string of the molecule is Nc1nc2[nH]ncc2cc1-c1ccccc1. The summed E-state index contributed by atoms with van der Waals surface area (Å²) in [4.78, 5) is 4.27. The average molecular weight is 210 g/mol. The number of anilines is 1. The van der Waals surface area contributed by atoms with E-state index in [1.807, 2.05) is 36.4 Å². The average Bonchev–Trinajstić information content (AvgIpc) is 2.76. The smallest absolute Gasteiger partial charge is 0.157 e. The van der Waals surface area contributed by atoms with E-state index in [4.69, 9.17) is 5.73 Å². The normalized spacial score (nSPS) is 10.8. The lowest BCUT2D eigenvalue weighted by atomic mass is 10.1. The highest BCUT2D eigenvalue weighted by atomic mass is 15.1. The third kappa shape index (κ3) is 1.32. The van der Waals surface area contributed by atoms with Crippen LogP contribution >= 0.6 is 0 Å². The standard InChI is InChI=1S/C12H10N4/c13-11-10(8-4-2-1-3-5-8)6-9-7-14-16-12(9)15-11/h1-7H,(H3,13,14,15,16). The van der Waals surface area contributed by atoms with Gasteiger partial charge in [-0.3, -0.25) is 5.10 Å². The van der Waals surface area contributed by atoms with Crippen LogP contribution in [-0.4, -0.2) is 15.2 Å². The molecule has 0 saturated carbocycles. The van der Waals surface area contributed by atoms with Crippen molar-refractivity contribution in [3.63, 3.8) is 0 Å². The van der Waals surface area contributed by atoms with E-state index in [-0.39, 0.29) is 0 Å². The summed E-state index contributed by atoms with van der Waals surface area (Å²) in [6.45, 7) is 0. The van der Waals surface area contributed by atoms with E-state index in [1.165, 1.54) is 0 Å². The van der Waals surface area contributed by atoms with Gasteiger partial charge in [0.05, 0.1) is 6.20 Å². The van der Waals surface area contributed by atoms with Gasteiger partial charge in [0.1, 0.15) is 5.82 Å². The molecule has 3 aromatic rings. The molecule has 4 nitrogen and oxygen atoms in total. The summed E-state index contributed by atoms with van der Waals surface area (Å²) in [6, 6.07) is 12.0. The molecule has 4 heteroatoms. The molecule has 0 aliphatic rings. The highest BCUT2D eigenvalue weighted by molar-refractivity contribution is 5.86. The molecule has 0 fully saturated rings. The second-order valence-electron chi connectivity index (χ2n) is 3.60. The number of hydrogen-bond donors (Lipinski definition) is 2. The topological polar surface area (TPSA) is 67.6 Å². The predicted molar refractivity (Wildman–Crippen MR) is 63.7 cm³/mol. The number of benzene rings is 1. The van der Waals surface area contributed by atoms with Gasteiger partial charge in [0.15, 0.2) is 5.65 Å². The van der Waals surface area contributed by atoms with Crippen molar-refractivity contribution in [1.29, 1.82) is 0 Å². The lowest BCUT2D eigenvalue weighted by Crippen LogP contribution is -1.94. The first-order valence-corrected chi connectivity index (χ1v) is 4.99. The monoisotopic (exact) mass is 210 g/mol. The number of rotatable bonds is 1. The van der Waals surface area contributed by atoms with Gasteiger partial charge in [-0.2, -0.15) is 5.10 Å². The zero-order valence-electron chi connectivity index (χ0n) is 8.51. The molecule has 0 aliphatic carbocycles. The third-order valence-electron chi connectivity index (χ3n) is 2.54. The molecule has 78 valence electrons. The van der Waals surface area contributed by atoms with Crippen LogP contribution in [0.5, 0.6) is 0 Å². The van der Waals surface area contributed by atoms with E-state index < -0.39 is 0 Å². The Morgan fingerprint density at radius 3 is 2.75 bits per heavy atom. The second kappa shape index (κ2) is 3.34. The largest absolute Gasteiger partial charge is 0.383 e. The van der Waals surface area contributed by atoms with Gasteiger partial charge in [-0.05, 0) is 11.6 Å². The molecule has 3 rings (SSSR count). The minimum absolute atomic E-state index is 0.517. The lowest BCUT2D eigenvalue weighted by molar-refractivity contribution is 1.10. The van der Waals surface area contributed by atoms with Crippen molar-refractivity contribution in [2.75, 3.05) is 5.73 Å². The molecule has 1 aromatic carbocycles. The van der Waals surface area contributed by atoms with E-state index in [2.05, 4.69) is 15.2 Å². The van der Waals surface area contributed by atoms with Gasteiger partial charge in [0.2, 0.25) is 0 Å². The summed E-state index contributed by atoms with van der Waals surface area (Å²) >= 11 is 0. The van der Waals surface area contributed by atoms with Crippen molar-refractivity contribution in [2.45, 2.75) is 0 Å². The first-order valence-electron chi connectivity index (χ1n) is 4.99. The van der Waals surface area contributed by atoms with Gasteiger partial charge in [-0.1, -0.05) is 30.3 Å². The summed E-state index contributed by atoms with van der Waals surface area (Å²) in [6.07, 6.45) is 1.74. The minimum atomic E-state index is 0.517. The Morgan fingerprint density at radius 2 is 1.94 bits per heavy atom. The summed E-state index contributed by atoms with van der Waals surface area (Å²) in [5, 5.41) is 7.70. The molecule has 0 atom stereocenters. The zero-order chi connectivity index (χ0) is 11.0. The molecular formula is C12H10N4. The number of nitrogens with one attached hydrogen (secondary N) is 1. The Bertz CT molecular complexity index is 628. The molecular weight excluding hydrogens is 200 g/mol. The van der Waals surface area contributed by atoms with Gasteiger partial charge in [-0.15, -0.1) is 0 Å². The molecule has 0 aliphatic heterocycles. The Labute approximate surface area is 92.1 Å². The maximum atomic E-state index is 5.92. The van der Waals surface area contributed by atoms with Gasteiger partial charge in [0.25, 0.3) is 0 Å². The highest BCUT2D eigenvalue weighted by Crippen LogP contribution is 2.26. The Hall–Kier alpha value is -2.36. The first-order chi connectivity index (χ1) is 7.84. The first kappa shape index (κ1) is 8.91. The minimum Gasteiger partial charge on any atom is -0.383 e. The Balaban J connectivity index is 2.27. The highest BCUT2D eigenvalue weighted by Gasteiger charge is 2.06. The van der Waals surface area contributed by atoms with Crippen molar-refractivity contribution in [3.05, 3.63) is 42.6 Å². The number of nitrogens with zero attached hydrogens (tertiary/aromatic N) is 2. The summed E-state index contributed by atoms with van der Waals surface area (Å²) in [5.74, 6) is 0.517. The quantitative estimate of drug-likeness (QED) is 0.647. The van der Waals surface area contributed by atoms with Crippen LogP contribution in [0.3, 0.4) is 0 Å². The zero-order valence-corrected chi connectivity index (χ0v) is 8.51. The molecule has 16 heavy (non-hydrogen) atoms. The summed E-state index contributed by atoms with van der Waals surface area (Å²) in [7, 11) is 0. The van der Waals surface area contributed by atoms with Crippen LogP contribution in [0.15, 0.2) is 42.6 Å². The third-order valence-corrected chi connectivity index (χ3v) is 2.54. The van der Waals surface area contributed by atoms with Gasteiger partial charge in [0, 0.05) is 10.9 Å². The van der Waals surface area contributed by atoms with E-state index >= 15 is 0 Å². The van der Waals surface area contributed by atoms with Crippen molar-refractivity contribution < 1.29 is 0 Å². The molecule has 2 heterocycles. The van der Waals surface area contributed by atoms with Crippen LogP contribution in [0.4, 0.5) is 5.82 Å². The number of hydrogen-bond acceptors (Lipinski definition) is 3. The molecule has 2 aromatic heterocycles. The number of H-pyrrole nitrogens is 1. The van der Waals surface area contributed by atoms with Crippen molar-refractivity contribution in [3.8, 4) is 11.1 Å². The van der Waals surface area contributed by atoms with Gasteiger partial charge >= 0.3 is 0 Å². The lowest BCUT2D eigenvalue weighted by Gasteiger charge is -2.04. The fraction of sp³-hybridized carbons (Fsp3) is 0. The Morgan fingerprint density at radius 1 is 1.12 bits per heavy atom. The second-order valence-corrected chi connectivity index (χ2v) is 3.60. The van der Waals surface area contributed by atoms with E-state index in [1.54, 1.807) is 6.20 Å². The summed E-state index contributed by atoms with van der Waals surface area (Å²) in [5.41, 5.74) is 8.64. The number of fused-ring (bicyclic) bond motifs is 1.